The van der Waals surface area contributed by atoms with Gasteiger partial charge < -0.3 is 10.1 Å². The summed E-state index contributed by atoms with van der Waals surface area (Å²) in [6, 6.07) is 0.533. The molecule has 4 nitrogen and oxygen atoms in total. The summed E-state index contributed by atoms with van der Waals surface area (Å²) >= 11 is 3.00. The molecule has 2 bridgehead atoms. The predicted octanol–water partition coefficient (Wildman–Crippen LogP) is 2.17. The number of nitrogens with zero attached hydrogens (tertiary/aromatic N) is 2. The zero-order chi connectivity index (χ0) is 11.7. The number of thioether (sulfide) groups is 1. The number of aromatic nitrogens is 2. The Morgan fingerprint density at radius 1 is 1.47 bits per heavy atom. The Bertz CT molecular complexity index is 385. The van der Waals surface area contributed by atoms with Crippen LogP contribution in [0, 0.1) is 5.92 Å². The van der Waals surface area contributed by atoms with Crippen LogP contribution < -0.4 is 10.1 Å². The highest BCUT2D eigenvalue weighted by atomic mass is 32.2. The van der Waals surface area contributed by atoms with Crippen molar-refractivity contribution in [3.8, 4) is 5.88 Å². The molecule has 1 aromatic rings. The van der Waals surface area contributed by atoms with Gasteiger partial charge in [0.15, 0.2) is 5.03 Å². The van der Waals surface area contributed by atoms with Gasteiger partial charge in [-0.05, 0) is 37.5 Å². The second-order valence-electron chi connectivity index (χ2n) is 4.73. The molecular formula is C11H17N3OS2. The van der Waals surface area contributed by atoms with E-state index in [1.807, 2.05) is 0 Å². The first-order valence-corrected chi connectivity index (χ1v) is 7.93. The first-order chi connectivity index (χ1) is 8.36. The van der Waals surface area contributed by atoms with E-state index in [4.69, 9.17) is 4.74 Å². The van der Waals surface area contributed by atoms with Crippen LogP contribution >= 0.6 is 23.5 Å². The van der Waals surface area contributed by atoms with E-state index < -0.39 is 0 Å². The summed E-state index contributed by atoms with van der Waals surface area (Å²) in [6.45, 7) is 3.34. The maximum atomic E-state index is 6.03. The minimum Gasteiger partial charge on any atom is -0.470 e. The standard InChI is InChI=1S/C11H17N3OS2/c1-2-3-16-11-10(13-17-14-11)15-9-5-7-4-8(9)12-6-7/h7-9,12H,2-6H2,1H3/t7-,8+,9-/m0/s1. The van der Waals surface area contributed by atoms with Crippen LogP contribution in [0.2, 0.25) is 0 Å². The van der Waals surface area contributed by atoms with E-state index in [1.165, 1.54) is 24.6 Å². The summed E-state index contributed by atoms with van der Waals surface area (Å²) in [5.41, 5.74) is 0. The number of fused-ring (bicyclic) bond motifs is 2. The van der Waals surface area contributed by atoms with Crippen molar-refractivity contribution in [2.75, 3.05) is 12.3 Å². The summed E-state index contributed by atoms with van der Waals surface area (Å²) in [5.74, 6) is 2.65. The molecule has 1 saturated heterocycles. The summed E-state index contributed by atoms with van der Waals surface area (Å²) < 4.78 is 14.6. The zero-order valence-electron chi connectivity index (χ0n) is 9.89. The van der Waals surface area contributed by atoms with Gasteiger partial charge in [0.25, 0.3) is 5.88 Å². The number of piperidine rings is 1. The van der Waals surface area contributed by atoms with E-state index in [0.29, 0.717) is 12.1 Å². The van der Waals surface area contributed by atoms with Crippen molar-refractivity contribution in [2.45, 2.75) is 43.4 Å². The van der Waals surface area contributed by atoms with Gasteiger partial charge in [0, 0.05) is 6.04 Å². The van der Waals surface area contributed by atoms with Gasteiger partial charge in [-0.1, -0.05) is 18.7 Å². The highest BCUT2D eigenvalue weighted by Crippen LogP contribution is 2.36. The van der Waals surface area contributed by atoms with Gasteiger partial charge in [-0.2, -0.15) is 4.37 Å². The van der Waals surface area contributed by atoms with Gasteiger partial charge in [0.05, 0.1) is 11.7 Å². The molecule has 0 aromatic carbocycles. The topological polar surface area (TPSA) is 47.0 Å². The minimum absolute atomic E-state index is 0.304. The monoisotopic (exact) mass is 271 g/mol. The van der Waals surface area contributed by atoms with Crippen LogP contribution in [0.3, 0.4) is 0 Å². The summed E-state index contributed by atoms with van der Waals surface area (Å²) in [5, 5.41) is 4.48. The number of rotatable bonds is 5. The van der Waals surface area contributed by atoms with Gasteiger partial charge in [0.2, 0.25) is 0 Å². The first-order valence-electron chi connectivity index (χ1n) is 6.22. The normalized spacial score (nSPS) is 31.0. The average Bonchev–Trinajstić information content (AvgIpc) is 3.02. The summed E-state index contributed by atoms with van der Waals surface area (Å²) in [7, 11) is 0. The van der Waals surface area contributed by atoms with Crippen molar-refractivity contribution < 1.29 is 4.74 Å². The van der Waals surface area contributed by atoms with Crippen molar-refractivity contribution in [3.05, 3.63) is 0 Å². The molecule has 2 aliphatic rings. The first kappa shape index (κ1) is 11.7. The summed E-state index contributed by atoms with van der Waals surface area (Å²) in [4.78, 5) is 0. The molecule has 1 saturated carbocycles. The van der Waals surface area contributed by atoms with Crippen molar-refractivity contribution >= 4 is 23.5 Å². The van der Waals surface area contributed by atoms with Crippen LogP contribution in [-0.2, 0) is 0 Å². The lowest BCUT2D eigenvalue weighted by Crippen LogP contribution is -2.40. The Morgan fingerprint density at radius 3 is 3.12 bits per heavy atom. The summed E-state index contributed by atoms with van der Waals surface area (Å²) in [6.07, 6.45) is 3.89. The molecule has 2 fully saturated rings. The quantitative estimate of drug-likeness (QED) is 0.832. The van der Waals surface area contributed by atoms with Crippen molar-refractivity contribution in [2.24, 2.45) is 5.92 Å². The van der Waals surface area contributed by atoms with Gasteiger partial charge >= 0.3 is 0 Å². The highest BCUT2D eigenvalue weighted by Gasteiger charge is 2.41. The molecule has 94 valence electrons. The van der Waals surface area contributed by atoms with Gasteiger partial charge in [-0.15, -0.1) is 4.37 Å². The Kier molecular flexibility index (Phi) is 3.54. The fraction of sp³-hybridized carbons (Fsp3) is 0.818. The highest BCUT2D eigenvalue weighted by molar-refractivity contribution is 7.99. The molecule has 17 heavy (non-hydrogen) atoms. The average molecular weight is 271 g/mol. The van der Waals surface area contributed by atoms with Crippen molar-refractivity contribution in [1.29, 1.82) is 0 Å². The molecule has 2 heterocycles. The molecule has 0 radical (unpaired) electrons. The van der Waals surface area contributed by atoms with E-state index in [1.54, 1.807) is 11.8 Å². The van der Waals surface area contributed by atoms with E-state index in [9.17, 15) is 0 Å². The van der Waals surface area contributed by atoms with E-state index in [0.717, 1.165) is 35.5 Å². The van der Waals surface area contributed by atoms with Crippen molar-refractivity contribution in [1.82, 2.24) is 14.1 Å². The molecule has 3 atom stereocenters. The van der Waals surface area contributed by atoms with Crippen molar-refractivity contribution in [3.63, 3.8) is 0 Å². The van der Waals surface area contributed by atoms with Crippen LogP contribution in [0.4, 0.5) is 0 Å². The Morgan fingerprint density at radius 2 is 2.41 bits per heavy atom. The van der Waals surface area contributed by atoms with Gasteiger partial charge in [-0.25, -0.2) is 0 Å². The molecule has 0 unspecified atom stereocenters. The van der Waals surface area contributed by atoms with Crippen LogP contribution in [0.1, 0.15) is 26.2 Å². The molecular weight excluding hydrogens is 254 g/mol. The van der Waals surface area contributed by atoms with Crippen LogP contribution in [-0.4, -0.2) is 33.2 Å². The number of hydrogen-bond donors (Lipinski definition) is 1. The lowest BCUT2D eigenvalue weighted by molar-refractivity contribution is 0.149. The number of ether oxygens (including phenoxy) is 1. The molecule has 0 spiro atoms. The molecule has 1 aliphatic heterocycles. The Labute approximate surface area is 110 Å². The fourth-order valence-corrected chi connectivity index (χ4v) is 3.98. The Balaban J connectivity index is 1.63. The molecule has 3 rings (SSSR count). The van der Waals surface area contributed by atoms with Gasteiger partial charge in [0.1, 0.15) is 6.10 Å². The lowest BCUT2D eigenvalue weighted by Gasteiger charge is -2.22. The second kappa shape index (κ2) is 5.12. The SMILES string of the molecule is CCCSc1nsnc1O[C@H]1C[C@H]2CN[C@@H]1C2. The smallest absolute Gasteiger partial charge is 0.260 e. The third kappa shape index (κ3) is 2.44. The Hall–Kier alpha value is -0.330. The van der Waals surface area contributed by atoms with E-state index in [2.05, 4.69) is 21.0 Å². The van der Waals surface area contributed by atoms with Gasteiger partial charge in [-0.3, -0.25) is 0 Å². The fourth-order valence-electron chi connectivity index (χ4n) is 2.60. The largest absolute Gasteiger partial charge is 0.470 e. The zero-order valence-corrected chi connectivity index (χ0v) is 11.5. The van der Waals surface area contributed by atoms with E-state index in [-0.39, 0.29) is 0 Å². The second-order valence-corrected chi connectivity index (χ2v) is 6.34. The van der Waals surface area contributed by atoms with Crippen LogP contribution in [0.15, 0.2) is 5.03 Å². The molecule has 1 aromatic heterocycles. The van der Waals surface area contributed by atoms with E-state index >= 15 is 0 Å². The minimum atomic E-state index is 0.304. The third-order valence-electron chi connectivity index (χ3n) is 3.41. The maximum absolute atomic E-state index is 6.03. The molecule has 0 amide bonds. The third-order valence-corrected chi connectivity index (χ3v) is 5.19. The maximum Gasteiger partial charge on any atom is 0.260 e. The van der Waals surface area contributed by atoms with Crippen LogP contribution in [0.25, 0.3) is 0 Å². The molecule has 6 heteroatoms. The predicted molar refractivity (Wildman–Crippen MR) is 69.9 cm³/mol. The van der Waals surface area contributed by atoms with Crippen LogP contribution in [0.5, 0.6) is 5.88 Å². The lowest BCUT2D eigenvalue weighted by atomic mass is 10.1. The molecule has 1 N–H and O–H groups in total. The number of hydrogen-bond acceptors (Lipinski definition) is 6. The number of nitrogens with one attached hydrogen (secondary N) is 1. The molecule has 1 aliphatic carbocycles.